The molecule has 1 N–H and O–H groups in total. The first-order chi connectivity index (χ1) is 6.76. The van der Waals surface area contributed by atoms with Crippen molar-refractivity contribution in [2.45, 2.75) is 32.2 Å². The largest absolute Gasteiger partial charge is 0.378 e. The van der Waals surface area contributed by atoms with Gasteiger partial charge in [-0.3, -0.25) is 0 Å². The molecule has 0 fully saturated rings. The molecule has 0 amide bonds. The lowest BCUT2D eigenvalue weighted by Crippen LogP contribution is -2.47. The van der Waals surface area contributed by atoms with Crippen molar-refractivity contribution in [1.29, 1.82) is 0 Å². The van der Waals surface area contributed by atoms with E-state index in [1.165, 1.54) is 0 Å². The highest BCUT2D eigenvalue weighted by Gasteiger charge is 2.40. The summed E-state index contributed by atoms with van der Waals surface area (Å²) in [4.78, 5) is 12.1. The molecule has 1 aromatic carbocycles. The van der Waals surface area contributed by atoms with Crippen molar-refractivity contribution in [2.24, 2.45) is 0 Å². The molecule has 0 bridgehead atoms. The Bertz CT molecular complexity index is 350. The van der Waals surface area contributed by atoms with Crippen molar-refractivity contribution < 1.29 is 9.90 Å². The van der Waals surface area contributed by atoms with E-state index in [4.69, 9.17) is 0 Å². The second kappa shape index (κ2) is 3.91. The van der Waals surface area contributed by atoms with Gasteiger partial charge in [0.15, 0.2) is 0 Å². The van der Waals surface area contributed by atoms with Gasteiger partial charge in [0.2, 0.25) is 0 Å². The highest BCUT2D eigenvalue weighted by molar-refractivity contribution is 7.04. The topological polar surface area (TPSA) is 37.3 Å². The first-order valence-corrected chi connectivity index (χ1v) is 8.59. The molecule has 0 spiro atoms. The number of benzene rings is 1. The van der Waals surface area contributed by atoms with E-state index in [2.05, 4.69) is 0 Å². The Hall–Kier alpha value is -0.933. The van der Waals surface area contributed by atoms with Crippen LogP contribution in [0.15, 0.2) is 30.3 Å². The van der Waals surface area contributed by atoms with Crippen LogP contribution < -0.4 is 0 Å². The molecule has 2 nitrogen and oxygen atoms in total. The van der Waals surface area contributed by atoms with Gasteiger partial charge in [0.25, 0.3) is 0 Å². The molecule has 0 aliphatic heterocycles. The van der Waals surface area contributed by atoms with Gasteiger partial charge in [0.05, 0.1) is 0 Å². The van der Waals surface area contributed by atoms with Crippen LogP contribution in [-0.4, -0.2) is 18.6 Å². The zero-order valence-electron chi connectivity index (χ0n) is 9.74. The van der Waals surface area contributed by atoms with Gasteiger partial charge in [-0.2, -0.15) is 0 Å². The van der Waals surface area contributed by atoms with Gasteiger partial charge in [-0.15, -0.1) is 0 Å². The van der Waals surface area contributed by atoms with Crippen LogP contribution in [0.1, 0.15) is 12.5 Å². The minimum atomic E-state index is -1.97. The highest BCUT2D eigenvalue weighted by Crippen LogP contribution is 2.25. The summed E-state index contributed by atoms with van der Waals surface area (Å²) in [6, 6.07) is 9.12. The van der Waals surface area contributed by atoms with E-state index < -0.39 is 13.7 Å². The maximum atomic E-state index is 12.1. The van der Waals surface area contributed by atoms with Crippen molar-refractivity contribution in [3.8, 4) is 0 Å². The van der Waals surface area contributed by atoms with Crippen LogP contribution in [0.5, 0.6) is 0 Å². The van der Waals surface area contributed by atoms with E-state index in [0.29, 0.717) is 5.56 Å². The predicted molar refractivity (Wildman–Crippen MR) is 64.4 cm³/mol. The van der Waals surface area contributed by atoms with Crippen molar-refractivity contribution in [3.63, 3.8) is 0 Å². The summed E-state index contributed by atoms with van der Waals surface area (Å²) >= 11 is 0. The molecule has 0 aliphatic carbocycles. The first kappa shape index (κ1) is 12.1. The average molecular weight is 222 g/mol. The highest BCUT2D eigenvalue weighted by atomic mass is 28.3. The molecule has 0 radical (unpaired) electrons. The summed E-state index contributed by atoms with van der Waals surface area (Å²) in [6.07, 6.45) is 0. The Balaban J connectivity index is 3.09. The zero-order valence-corrected chi connectivity index (χ0v) is 10.7. The normalized spacial score (nSPS) is 15.8. The van der Waals surface area contributed by atoms with Crippen molar-refractivity contribution in [1.82, 2.24) is 0 Å². The molecule has 0 aliphatic rings. The van der Waals surface area contributed by atoms with Gasteiger partial charge in [0, 0.05) is 0 Å². The van der Waals surface area contributed by atoms with Crippen LogP contribution in [0.25, 0.3) is 0 Å². The smallest absolute Gasteiger partial charge is 0.146 e. The minimum Gasteiger partial charge on any atom is -0.378 e. The molecule has 1 aromatic rings. The standard InChI is InChI=1S/C12H18O2Si/c1-12(14,11(13)15(2,3)4)10-8-6-5-7-9-10/h5-9,14H,1-4H3/t12-/m1/s1. The number of aliphatic hydroxyl groups is 1. The third-order valence-corrected chi connectivity index (χ3v) is 4.31. The molecule has 0 aromatic heterocycles. The van der Waals surface area contributed by atoms with E-state index >= 15 is 0 Å². The van der Waals surface area contributed by atoms with E-state index in [0.717, 1.165) is 0 Å². The summed E-state index contributed by atoms with van der Waals surface area (Å²) in [5.41, 5.74) is -0.663. The van der Waals surface area contributed by atoms with Gasteiger partial charge in [-0.1, -0.05) is 50.0 Å². The van der Waals surface area contributed by atoms with Crippen molar-refractivity contribution in [2.75, 3.05) is 0 Å². The molecule has 0 saturated heterocycles. The van der Waals surface area contributed by atoms with E-state index in [1.807, 2.05) is 37.8 Å². The van der Waals surface area contributed by atoms with Gasteiger partial charge in [-0.05, 0) is 12.5 Å². The number of rotatable bonds is 3. The fraction of sp³-hybridized carbons (Fsp3) is 0.417. The minimum absolute atomic E-state index is 0.0267. The Morgan fingerprint density at radius 2 is 1.67 bits per heavy atom. The van der Waals surface area contributed by atoms with E-state index in [9.17, 15) is 9.90 Å². The lowest BCUT2D eigenvalue weighted by atomic mass is 9.98. The summed E-state index contributed by atoms with van der Waals surface area (Å²) in [5.74, 6) is 0. The van der Waals surface area contributed by atoms with Crippen molar-refractivity contribution >= 4 is 13.5 Å². The number of carbonyl (C=O) groups excluding carboxylic acids is 1. The third kappa shape index (κ3) is 2.55. The Morgan fingerprint density at radius 3 is 2.07 bits per heavy atom. The van der Waals surface area contributed by atoms with Crippen LogP contribution in [0.3, 0.4) is 0 Å². The maximum Gasteiger partial charge on any atom is 0.146 e. The van der Waals surface area contributed by atoms with Gasteiger partial charge in [0.1, 0.15) is 19.1 Å². The average Bonchev–Trinajstić information content (AvgIpc) is 2.16. The first-order valence-electron chi connectivity index (χ1n) is 5.09. The summed E-state index contributed by atoms with van der Waals surface area (Å²) in [6.45, 7) is 7.44. The molecule has 82 valence electrons. The van der Waals surface area contributed by atoms with Crippen LogP contribution in [0, 0.1) is 0 Å². The zero-order chi connectivity index (χ0) is 11.7. The predicted octanol–water partition coefficient (Wildman–Crippen LogP) is 2.34. The van der Waals surface area contributed by atoms with Gasteiger partial charge in [-0.25, -0.2) is 0 Å². The Kier molecular flexibility index (Phi) is 3.16. The van der Waals surface area contributed by atoms with Crippen molar-refractivity contribution in [3.05, 3.63) is 35.9 Å². The Morgan fingerprint density at radius 1 is 1.20 bits per heavy atom. The maximum absolute atomic E-state index is 12.1. The SMILES string of the molecule is C[C@](O)(C(=O)[Si](C)(C)C)c1ccccc1. The summed E-state index contributed by atoms with van der Waals surface area (Å²) in [7, 11) is -1.97. The number of carbonyl (C=O) groups is 1. The van der Waals surface area contributed by atoms with E-state index in [1.54, 1.807) is 19.1 Å². The second-order valence-electron chi connectivity index (χ2n) is 5.02. The van der Waals surface area contributed by atoms with Crippen LogP contribution in [-0.2, 0) is 10.4 Å². The van der Waals surface area contributed by atoms with Crippen LogP contribution in [0.4, 0.5) is 0 Å². The van der Waals surface area contributed by atoms with Gasteiger partial charge < -0.3 is 9.90 Å². The molecule has 0 heterocycles. The van der Waals surface area contributed by atoms with Crippen LogP contribution >= 0.6 is 0 Å². The number of hydrogen-bond donors (Lipinski definition) is 1. The molecular weight excluding hydrogens is 204 g/mol. The fourth-order valence-corrected chi connectivity index (χ4v) is 3.23. The summed E-state index contributed by atoms with van der Waals surface area (Å²) in [5, 5.41) is 10.2. The Labute approximate surface area is 92.0 Å². The molecule has 3 heteroatoms. The molecule has 0 unspecified atom stereocenters. The quantitative estimate of drug-likeness (QED) is 0.797. The third-order valence-electron chi connectivity index (χ3n) is 2.46. The molecule has 1 rings (SSSR count). The lowest BCUT2D eigenvalue weighted by molar-refractivity contribution is -0.129. The van der Waals surface area contributed by atoms with Crippen LogP contribution in [0.2, 0.25) is 19.6 Å². The van der Waals surface area contributed by atoms with Gasteiger partial charge >= 0.3 is 0 Å². The molecule has 1 atom stereocenters. The van der Waals surface area contributed by atoms with E-state index in [-0.39, 0.29) is 5.41 Å². The number of hydrogen-bond acceptors (Lipinski definition) is 2. The molecule has 15 heavy (non-hydrogen) atoms. The molecular formula is C12H18O2Si. The fourth-order valence-electron chi connectivity index (χ4n) is 1.62. The molecule has 0 saturated carbocycles. The summed E-state index contributed by atoms with van der Waals surface area (Å²) < 4.78 is 0. The second-order valence-corrected chi connectivity index (χ2v) is 9.97. The lowest BCUT2D eigenvalue weighted by Gasteiger charge is -2.28. The monoisotopic (exact) mass is 222 g/mol.